The predicted octanol–water partition coefficient (Wildman–Crippen LogP) is 1.18. The minimum Gasteiger partial charge on any atom is -0.395 e. The first-order chi connectivity index (χ1) is 7.85. The summed E-state index contributed by atoms with van der Waals surface area (Å²) < 4.78 is 10.8. The Labute approximate surface area is 99.3 Å². The molecule has 0 aliphatic heterocycles. The molecular weight excluding hydrogens is 206 g/mol. The number of ether oxygens (including phenoxy) is 2. The van der Waals surface area contributed by atoms with Crippen LogP contribution in [0.5, 0.6) is 0 Å². The maximum atomic E-state index is 9.01. The molecule has 1 unspecified atom stereocenters. The first kappa shape index (κ1) is 15.8. The van der Waals surface area contributed by atoms with Gasteiger partial charge in [-0.25, -0.2) is 0 Å². The fraction of sp³-hybridized carbons (Fsp3) is 1.00. The van der Waals surface area contributed by atoms with Gasteiger partial charge in [0.2, 0.25) is 0 Å². The van der Waals surface area contributed by atoms with E-state index in [1.807, 2.05) is 6.92 Å². The Morgan fingerprint density at radius 1 is 1.06 bits per heavy atom. The van der Waals surface area contributed by atoms with Crippen molar-refractivity contribution < 1.29 is 14.6 Å². The Bertz CT molecular complexity index is 133. The van der Waals surface area contributed by atoms with Gasteiger partial charge in [0.1, 0.15) is 0 Å². The molecule has 0 aliphatic carbocycles. The first-order valence-corrected chi connectivity index (χ1v) is 6.34. The second-order valence-electron chi connectivity index (χ2n) is 3.80. The molecule has 0 fully saturated rings. The molecule has 0 radical (unpaired) electrons. The van der Waals surface area contributed by atoms with Gasteiger partial charge in [-0.15, -0.1) is 0 Å². The quantitative estimate of drug-likeness (QED) is 0.497. The van der Waals surface area contributed by atoms with Crippen LogP contribution in [0.25, 0.3) is 0 Å². The Balaban J connectivity index is 3.12. The molecular formula is C12H27NO3. The van der Waals surface area contributed by atoms with Gasteiger partial charge in [-0.1, -0.05) is 20.3 Å². The van der Waals surface area contributed by atoms with E-state index in [4.69, 9.17) is 14.6 Å². The molecule has 0 aromatic carbocycles. The van der Waals surface area contributed by atoms with E-state index in [9.17, 15) is 0 Å². The minimum atomic E-state index is 0.158. The number of hydrogen-bond donors (Lipinski definition) is 2. The third kappa shape index (κ3) is 10.4. The van der Waals surface area contributed by atoms with Gasteiger partial charge in [0, 0.05) is 19.3 Å². The van der Waals surface area contributed by atoms with Gasteiger partial charge in [-0.05, 0) is 19.4 Å². The lowest BCUT2D eigenvalue weighted by Gasteiger charge is -2.14. The van der Waals surface area contributed by atoms with Crippen molar-refractivity contribution in [2.75, 3.05) is 39.6 Å². The predicted molar refractivity (Wildman–Crippen MR) is 65.7 cm³/mol. The van der Waals surface area contributed by atoms with Gasteiger partial charge in [0.25, 0.3) is 0 Å². The summed E-state index contributed by atoms with van der Waals surface area (Å²) in [6.45, 7) is 8.06. The van der Waals surface area contributed by atoms with E-state index < -0.39 is 0 Å². The Kier molecular flexibility index (Phi) is 12.8. The number of aliphatic hydroxyl groups excluding tert-OH is 1. The summed E-state index contributed by atoms with van der Waals surface area (Å²) >= 11 is 0. The number of aliphatic hydroxyl groups is 1. The van der Waals surface area contributed by atoms with Crippen molar-refractivity contribution in [1.29, 1.82) is 0 Å². The average Bonchev–Trinajstić information content (AvgIpc) is 2.31. The third-order valence-electron chi connectivity index (χ3n) is 2.34. The fourth-order valence-electron chi connectivity index (χ4n) is 1.34. The van der Waals surface area contributed by atoms with Crippen LogP contribution in [0, 0.1) is 0 Å². The van der Waals surface area contributed by atoms with Crippen LogP contribution in [0.3, 0.4) is 0 Å². The fourth-order valence-corrected chi connectivity index (χ4v) is 1.34. The van der Waals surface area contributed by atoms with Crippen molar-refractivity contribution in [1.82, 2.24) is 5.32 Å². The highest BCUT2D eigenvalue weighted by atomic mass is 16.5. The summed E-state index contributed by atoms with van der Waals surface area (Å²) in [6, 6.07) is 0.158. The molecule has 0 saturated carbocycles. The van der Waals surface area contributed by atoms with Crippen molar-refractivity contribution in [3.05, 3.63) is 0 Å². The average molecular weight is 233 g/mol. The molecule has 1 atom stereocenters. The number of unbranched alkanes of at least 4 members (excludes halogenated alkanes) is 1. The van der Waals surface area contributed by atoms with E-state index >= 15 is 0 Å². The van der Waals surface area contributed by atoms with E-state index in [2.05, 4.69) is 12.2 Å². The van der Waals surface area contributed by atoms with Crippen LogP contribution in [0.4, 0.5) is 0 Å². The van der Waals surface area contributed by atoms with E-state index in [-0.39, 0.29) is 12.6 Å². The molecule has 16 heavy (non-hydrogen) atoms. The first-order valence-electron chi connectivity index (χ1n) is 6.34. The topological polar surface area (TPSA) is 50.7 Å². The van der Waals surface area contributed by atoms with Gasteiger partial charge >= 0.3 is 0 Å². The normalized spacial score (nSPS) is 12.9. The highest BCUT2D eigenvalue weighted by molar-refractivity contribution is 4.63. The maximum Gasteiger partial charge on any atom is 0.0700 e. The zero-order valence-corrected chi connectivity index (χ0v) is 10.7. The molecule has 98 valence electrons. The Morgan fingerprint density at radius 3 is 2.31 bits per heavy atom. The number of rotatable bonds is 12. The van der Waals surface area contributed by atoms with Gasteiger partial charge in [0.15, 0.2) is 0 Å². The zero-order chi connectivity index (χ0) is 12.1. The molecule has 0 rings (SSSR count). The summed E-state index contributed by atoms with van der Waals surface area (Å²) in [6.07, 6.45) is 3.13. The Hall–Kier alpha value is -0.160. The summed E-state index contributed by atoms with van der Waals surface area (Å²) in [5.74, 6) is 0. The third-order valence-corrected chi connectivity index (χ3v) is 2.34. The lowest BCUT2D eigenvalue weighted by atomic mass is 10.2. The summed E-state index contributed by atoms with van der Waals surface area (Å²) in [4.78, 5) is 0. The SMILES string of the molecule is CCCCOCCOCCC(CO)NCC. The summed E-state index contributed by atoms with van der Waals surface area (Å²) in [5.41, 5.74) is 0. The summed E-state index contributed by atoms with van der Waals surface area (Å²) in [5, 5.41) is 12.2. The van der Waals surface area contributed by atoms with Crippen LogP contribution in [0.1, 0.15) is 33.1 Å². The van der Waals surface area contributed by atoms with Crippen molar-refractivity contribution in [2.45, 2.75) is 39.2 Å². The zero-order valence-electron chi connectivity index (χ0n) is 10.7. The molecule has 4 heteroatoms. The standard InChI is InChI=1S/C12H27NO3/c1-3-5-7-15-9-10-16-8-6-12(11-14)13-4-2/h12-14H,3-11H2,1-2H3. The van der Waals surface area contributed by atoms with Crippen LogP contribution in [-0.4, -0.2) is 50.7 Å². The van der Waals surface area contributed by atoms with Crippen LogP contribution in [0.15, 0.2) is 0 Å². The lowest BCUT2D eigenvalue weighted by molar-refractivity contribution is 0.0414. The number of nitrogens with one attached hydrogen (secondary N) is 1. The molecule has 4 nitrogen and oxygen atoms in total. The second kappa shape index (κ2) is 12.9. The van der Waals surface area contributed by atoms with Crippen LogP contribution in [0.2, 0.25) is 0 Å². The molecule has 0 spiro atoms. The molecule has 0 heterocycles. The maximum absolute atomic E-state index is 9.01. The highest BCUT2D eigenvalue weighted by Gasteiger charge is 2.04. The second-order valence-corrected chi connectivity index (χ2v) is 3.80. The molecule has 0 amide bonds. The largest absolute Gasteiger partial charge is 0.395 e. The number of hydrogen-bond acceptors (Lipinski definition) is 4. The Morgan fingerprint density at radius 2 is 1.75 bits per heavy atom. The van der Waals surface area contributed by atoms with Crippen molar-refractivity contribution in [3.63, 3.8) is 0 Å². The molecule has 2 N–H and O–H groups in total. The van der Waals surface area contributed by atoms with Gasteiger partial charge < -0.3 is 19.9 Å². The molecule has 0 aromatic rings. The number of likely N-dealkylation sites (N-methyl/N-ethyl adjacent to an activating group) is 1. The van der Waals surface area contributed by atoms with Crippen LogP contribution >= 0.6 is 0 Å². The molecule has 0 saturated heterocycles. The van der Waals surface area contributed by atoms with E-state index in [1.165, 1.54) is 6.42 Å². The van der Waals surface area contributed by atoms with Gasteiger partial charge in [-0.2, -0.15) is 0 Å². The van der Waals surface area contributed by atoms with E-state index in [0.717, 1.165) is 26.0 Å². The van der Waals surface area contributed by atoms with Crippen molar-refractivity contribution in [2.24, 2.45) is 0 Å². The molecule has 0 bridgehead atoms. The smallest absolute Gasteiger partial charge is 0.0700 e. The summed E-state index contributed by atoms with van der Waals surface area (Å²) in [7, 11) is 0. The lowest BCUT2D eigenvalue weighted by Crippen LogP contribution is -2.33. The molecule has 0 aliphatic rings. The van der Waals surface area contributed by atoms with E-state index in [1.54, 1.807) is 0 Å². The monoisotopic (exact) mass is 233 g/mol. The van der Waals surface area contributed by atoms with E-state index in [0.29, 0.717) is 19.8 Å². The van der Waals surface area contributed by atoms with Crippen molar-refractivity contribution in [3.8, 4) is 0 Å². The molecule has 0 aromatic heterocycles. The minimum absolute atomic E-state index is 0.158. The highest BCUT2D eigenvalue weighted by Crippen LogP contribution is 1.93. The van der Waals surface area contributed by atoms with Gasteiger partial charge in [-0.3, -0.25) is 0 Å². The van der Waals surface area contributed by atoms with Gasteiger partial charge in [0.05, 0.1) is 19.8 Å². The van der Waals surface area contributed by atoms with Crippen LogP contribution in [-0.2, 0) is 9.47 Å². The van der Waals surface area contributed by atoms with Crippen LogP contribution < -0.4 is 5.32 Å². The van der Waals surface area contributed by atoms with Crippen molar-refractivity contribution >= 4 is 0 Å².